The van der Waals surface area contributed by atoms with E-state index in [1.54, 1.807) is 0 Å². The van der Waals surface area contributed by atoms with E-state index in [9.17, 15) is 0 Å². The molecule has 1 aromatic carbocycles. The van der Waals surface area contributed by atoms with Gasteiger partial charge in [-0.2, -0.15) is 5.10 Å². The van der Waals surface area contributed by atoms with Crippen molar-refractivity contribution in [1.29, 1.82) is 0 Å². The fourth-order valence-corrected chi connectivity index (χ4v) is 2.28. The molecule has 1 aliphatic carbocycles. The molecule has 3 heteroatoms. The minimum Gasteiger partial charge on any atom is -0.236 e. The average Bonchev–Trinajstić information content (AvgIpc) is 2.98. The zero-order valence-corrected chi connectivity index (χ0v) is 9.81. The Bertz CT molecular complexity index is 486. The molecule has 0 aliphatic heterocycles. The summed E-state index contributed by atoms with van der Waals surface area (Å²) in [6, 6.07) is 10.3. The highest BCUT2D eigenvalue weighted by Crippen LogP contribution is 2.41. The molecule has 0 saturated heterocycles. The van der Waals surface area contributed by atoms with E-state index in [4.69, 9.17) is 0 Å². The van der Waals surface area contributed by atoms with Gasteiger partial charge in [0.2, 0.25) is 0 Å². The number of nitrogens with zero attached hydrogens (tertiary/aromatic N) is 2. The Labute approximate surface area is 97.1 Å². The molecule has 2 aromatic rings. The van der Waals surface area contributed by atoms with Crippen molar-refractivity contribution in [3.8, 4) is 5.69 Å². The molecule has 0 unspecified atom stereocenters. The van der Waals surface area contributed by atoms with E-state index >= 15 is 0 Å². The van der Waals surface area contributed by atoms with Crippen molar-refractivity contribution >= 4 is 15.9 Å². The topological polar surface area (TPSA) is 17.8 Å². The minimum atomic E-state index is 0.722. The second-order valence-electron chi connectivity index (χ2n) is 3.89. The van der Waals surface area contributed by atoms with Crippen molar-refractivity contribution in [3.63, 3.8) is 0 Å². The average molecular weight is 263 g/mol. The van der Waals surface area contributed by atoms with Crippen LogP contribution in [0.15, 0.2) is 41.0 Å². The van der Waals surface area contributed by atoms with E-state index in [0.29, 0.717) is 0 Å². The lowest BCUT2D eigenvalue weighted by Crippen LogP contribution is -2.01. The summed E-state index contributed by atoms with van der Waals surface area (Å²) in [6.07, 6.45) is 4.49. The molecular weight excluding hydrogens is 252 g/mol. The van der Waals surface area contributed by atoms with E-state index in [0.717, 1.165) is 16.1 Å². The van der Waals surface area contributed by atoms with Crippen LogP contribution in [0, 0.1) is 0 Å². The summed E-state index contributed by atoms with van der Waals surface area (Å²) in [6.45, 7) is 0. The molecule has 0 bridgehead atoms. The van der Waals surface area contributed by atoms with Gasteiger partial charge in [-0.25, -0.2) is 4.68 Å². The Morgan fingerprint density at radius 2 is 2.00 bits per heavy atom. The van der Waals surface area contributed by atoms with Gasteiger partial charge in [0.05, 0.1) is 5.69 Å². The third-order valence-corrected chi connectivity index (χ3v) is 3.42. The minimum absolute atomic E-state index is 0.722. The molecule has 1 heterocycles. The first-order valence-corrected chi connectivity index (χ1v) is 5.94. The standard InChI is InChI=1S/C12H11BrN2/c13-10-3-1-2-4-12(10)15-11(7-8-14-15)9-5-6-9/h1-4,7-9H,5-6H2. The van der Waals surface area contributed by atoms with Crippen molar-refractivity contribution in [2.45, 2.75) is 18.8 Å². The van der Waals surface area contributed by atoms with Gasteiger partial charge in [0.15, 0.2) is 0 Å². The molecule has 15 heavy (non-hydrogen) atoms. The molecule has 0 N–H and O–H groups in total. The fraction of sp³-hybridized carbons (Fsp3) is 0.250. The summed E-state index contributed by atoms with van der Waals surface area (Å²) in [5.74, 6) is 0.722. The van der Waals surface area contributed by atoms with Crippen LogP contribution >= 0.6 is 15.9 Å². The lowest BCUT2D eigenvalue weighted by atomic mass is 10.2. The van der Waals surface area contributed by atoms with Gasteiger partial charge in [0.25, 0.3) is 0 Å². The number of para-hydroxylation sites is 1. The van der Waals surface area contributed by atoms with Gasteiger partial charge in [-0.05, 0) is 47.0 Å². The summed E-state index contributed by atoms with van der Waals surface area (Å²) in [5.41, 5.74) is 2.46. The van der Waals surface area contributed by atoms with Crippen LogP contribution < -0.4 is 0 Å². The van der Waals surface area contributed by atoms with E-state index in [-0.39, 0.29) is 0 Å². The van der Waals surface area contributed by atoms with Crippen LogP contribution in [-0.2, 0) is 0 Å². The summed E-state index contributed by atoms with van der Waals surface area (Å²) >= 11 is 3.56. The molecule has 0 amide bonds. The predicted octanol–water partition coefficient (Wildman–Crippen LogP) is 3.51. The monoisotopic (exact) mass is 262 g/mol. The van der Waals surface area contributed by atoms with E-state index < -0.39 is 0 Å². The molecular formula is C12H11BrN2. The quantitative estimate of drug-likeness (QED) is 0.810. The number of hydrogen-bond acceptors (Lipinski definition) is 1. The number of rotatable bonds is 2. The first kappa shape index (κ1) is 9.16. The molecule has 1 saturated carbocycles. The van der Waals surface area contributed by atoms with Gasteiger partial charge >= 0.3 is 0 Å². The van der Waals surface area contributed by atoms with Gasteiger partial charge in [0, 0.05) is 22.3 Å². The second-order valence-corrected chi connectivity index (χ2v) is 4.75. The Kier molecular flexibility index (Phi) is 2.13. The Hall–Kier alpha value is -1.09. The first-order chi connectivity index (χ1) is 7.36. The van der Waals surface area contributed by atoms with Crippen LogP contribution in [0.4, 0.5) is 0 Å². The molecule has 0 atom stereocenters. The summed E-state index contributed by atoms with van der Waals surface area (Å²) in [7, 11) is 0. The smallest absolute Gasteiger partial charge is 0.0790 e. The van der Waals surface area contributed by atoms with E-state index in [2.05, 4.69) is 33.2 Å². The van der Waals surface area contributed by atoms with Crippen molar-refractivity contribution in [1.82, 2.24) is 9.78 Å². The fourth-order valence-electron chi connectivity index (χ4n) is 1.83. The Morgan fingerprint density at radius 1 is 1.20 bits per heavy atom. The van der Waals surface area contributed by atoms with Crippen LogP contribution in [0.5, 0.6) is 0 Å². The largest absolute Gasteiger partial charge is 0.236 e. The summed E-state index contributed by atoms with van der Waals surface area (Å²) in [4.78, 5) is 0. The zero-order chi connectivity index (χ0) is 10.3. The Balaban J connectivity index is 2.12. The molecule has 3 rings (SSSR count). The SMILES string of the molecule is Brc1ccccc1-n1nccc1C1CC1. The van der Waals surface area contributed by atoms with Crippen LogP contribution in [0.1, 0.15) is 24.5 Å². The number of halogens is 1. The van der Waals surface area contributed by atoms with E-state index in [1.807, 2.05) is 29.1 Å². The third kappa shape index (κ3) is 1.61. The molecule has 0 spiro atoms. The molecule has 2 nitrogen and oxygen atoms in total. The maximum absolute atomic E-state index is 4.40. The van der Waals surface area contributed by atoms with Crippen LogP contribution in [-0.4, -0.2) is 9.78 Å². The second kappa shape index (κ2) is 3.49. The first-order valence-electron chi connectivity index (χ1n) is 5.15. The number of benzene rings is 1. The summed E-state index contributed by atoms with van der Waals surface area (Å²) in [5, 5.41) is 4.40. The van der Waals surface area contributed by atoms with Gasteiger partial charge in [-0.15, -0.1) is 0 Å². The van der Waals surface area contributed by atoms with Crippen molar-refractivity contribution in [2.24, 2.45) is 0 Å². The summed E-state index contributed by atoms with van der Waals surface area (Å²) < 4.78 is 3.14. The van der Waals surface area contributed by atoms with Crippen LogP contribution in [0.3, 0.4) is 0 Å². The highest BCUT2D eigenvalue weighted by Gasteiger charge is 2.27. The normalized spacial score (nSPS) is 15.5. The van der Waals surface area contributed by atoms with Crippen molar-refractivity contribution in [2.75, 3.05) is 0 Å². The van der Waals surface area contributed by atoms with Crippen LogP contribution in [0.2, 0.25) is 0 Å². The lowest BCUT2D eigenvalue weighted by Gasteiger charge is -2.08. The van der Waals surface area contributed by atoms with Gasteiger partial charge in [-0.1, -0.05) is 12.1 Å². The van der Waals surface area contributed by atoms with Crippen LogP contribution in [0.25, 0.3) is 5.69 Å². The molecule has 1 fully saturated rings. The van der Waals surface area contributed by atoms with Crippen molar-refractivity contribution in [3.05, 3.63) is 46.7 Å². The number of hydrogen-bond donors (Lipinski definition) is 0. The Morgan fingerprint density at radius 3 is 2.73 bits per heavy atom. The molecule has 1 aliphatic rings. The zero-order valence-electron chi connectivity index (χ0n) is 8.23. The van der Waals surface area contributed by atoms with Gasteiger partial charge in [0.1, 0.15) is 0 Å². The molecule has 0 radical (unpaired) electrons. The molecule has 76 valence electrons. The van der Waals surface area contributed by atoms with Gasteiger partial charge < -0.3 is 0 Å². The highest BCUT2D eigenvalue weighted by atomic mass is 79.9. The maximum atomic E-state index is 4.40. The predicted molar refractivity (Wildman–Crippen MR) is 63.2 cm³/mol. The molecule has 1 aromatic heterocycles. The third-order valence-electron chi connectivity index (χ3n) is 2.75. The van der Waals surface area contributed by atoms with Crippen molar-refractivity contribution < 1.29 is 0 Å². The number of aromatic nitrogens is 2. The van der Waals surface area contributed by atoms with E-state index in [1.165, 1.54) is 18.5 Å². The van der Waals surface area contributed by atoms with Gasteiger partial charge in [-0.3, -0.25) is 0 Å². The maximum Gasteiger partial charge on any atom is 0.0790 e. The lowest BCUT2D eigenvalue weighted by molar-refractivity contribution is 0.805. The highest BCUT2D eigenvalue weighted by molar-refractivity contribution is 9.10.